The molecule has 24 heavy (non-hydrogen) atoms. The number of aromatic nitrogens is 2. The molecule has 0 bridgehead atoms. The van der Waals surface area contributed by atoms with Crippen LogP contribution in [0, 0.1) is 5.92 Å². The second-order valence-electron chi connectivity index (χ2n) is 8.16. The van der Waals surface area contributed by atoms with E-state index in [4.69, 9.17) is 4.52 Å². The van der Waals surface area contributed by atoms with Crippen molar-refractivity contribution < 1.29 is 4.52 Å². The lowest BCUT2D eigenvalue weighted by atomic mass is 9.96. The average Bonchev–Trinajstić information content (AvgIpc) is 3.39. The Morgan fingerprint density at radius 1 is 1.04 bits per heavy atom. The molecule has 3 fully saturated rings. The summed E-state index contributed by atoms with van der Waals surface area (Å²) in [7, 11) is 0. The minimum Gasteiger partial charge on any atom is -0.338 e. The number of nitrogens with zero attached hydrogens (tertiary/aromatic N) is 4. The Hall–Kier alpha value is -0.940. The fourth-order valence-electron chi connectivity index (χ4n) is 4.36. The Morgan fingerprint density at radius 3 is 2.58 bits per heavy atom. The topological polar surface area (TPSA) is 45.4 Å². The molecule has 0 amide bonds. The molecular weight excluding hydrogens is 300 g/mol. The van der Waals surface area contributed by atoms with Crippen molar-refractivity contribution in [1.82, 2.24) is 19.9 Å². The molecule has 2 aliphatic heterocycles. The van der Waals surface area contributed by atoms with Crippen LogP contribution in [0.3, 0.4) is 0 Å². The molecule has 1 aromatic rings. The third-order valence-electron chi connectivity index (χ3n) is 6.07. The Balaban J connectivity index is 1.33. The van der Waals surface area contributed by atoms with E-state index in [9.17, 15) is 0 Å². The van der Waals surface area contributed by atoms with Gasteiger partial charge in [-0.3, -0.25) is 4.90 Å². The van der Waals surface area contributed by atoms with Gasteiger partial charge in [0.05, 0.1) is 6.04 Å². The first-order chi connectivity index (χ1) is 11.8. The molecule has 0 radical (unpaired) electrons. The fourth-order valence-corrected chi connectivity index (χ4v) is 4.36. The van der Waals surface area contributed by atoms with E-state index in [2.05, 4.69) is 26.9 Å². The average molecular weight is 332 g/mol. The SMILES string of the molecule is C[C@H](c1nc(C2CC2)no1)N1CCC[C@H](CN2CCCCCC2)C1. The van der Waals surface area contributed by atoms with Gasteiger partial charge in [-0.05, 0) is 71.0 Å². The number of hydrogen-bond donors (Lipinski definition) is 0. The van der Waals surface area contributed by atoms with Gasteiger partial charge in [-0.25, -0.2) is 0 Å². The van der Waals surface area contributed by atoms with E-state index in [1.165, 1.54) is 84.1 Å². The van der Waals surface area contributed by atoms with Gasteiger partial charge in [-0.2, -0.15) is 4.98 Å². The minimum absolute atomic E-state index is 0.261. The molecule has 4 rings (SSSR count). The molecule has 134 valence electrons. The molecule has 3 heterocycles. The van der Waals surface area contributed by atoms with Crippen LogP contribution in [-0.2, 0) is 0 Å². The van der Waals surface area contributed by atoms with Gasteiger partial charge in [0.1, 0.15) is 0 Å². The van der Waals surface area contributed by atoms with E-state index in [1.54, 1.807) is 0 Å². The highest BCUT2D eigenvalue weighted by Gasteiger charge is 2.32. The molecule has 2 atom stereocenters. The normalized spacial score (nSPS) is 28.6. The van der Waals surface area contributed by atoms with Crippen LogP contribution < -0.4 is 0 Å². The lowest BCUT2D eigenvalue weighted by Gasteiger charge is -2.37. The standard InChI is InChI=1S/C19H32N4O/c1-15(19-20-18(21-24-19)17-8-9-17)23-12-6-7-16(14-23)13-22-10-4-2-3-5-11-22/h15-17H,2-14H2,1H3/t15-,16-/m1/s1. The molecule has 1 aliphatic carbocycles. The zero-order valence-corrected chi connectivity index (χ0v) is 15.1. The second-order valence-corrected chi connectivity index (χ2v) is 8.16. The molecule has 1 saturated carbocycles. The van der Waals surface area contributed by atoms with Gasteiger partial charge in [0.25, 0.3) is 0 Å². The second kappa shape index (κ2) is 7.52. The third kappa shape index (κ3) is 3.99. The lowest BCUT2D eigenvalue weighted by molar-refractivity contribution is 0.0906. The predicted octanol–water partition coefficient (Wildman–Crippen LogP) is 3.60. The van der Waals surface area contributed by atoms with E-state index in [0.29, 0.717) is 5.92 Å². The maximum absolute atomic E-state index is 5.57. The van der Waals surface area contributed by atoms with E-state index in [-0.39, 0.29) is 6.04 Å². The van der Waals surface area contributed by atoms with E-state index >= 15 is 0 Å². The molecule has 1 aromatic heterocycles. The van der Waals surface area contributed by atoms with Crippen LogP contribution in [0.1, 0.15) is 82.0 Å². The highest BCUT2D eigenvalue weighted by atomic mass is 16.5. The third-order valence-corrected chi connectivity index (χ3v) is 6.07. The van der Waals surface area contributed by atoms with E-state index < -0.39 is 0 Å². The van der Waals surface area contributed by atoms with Crippen molar-refractivity contribution in [3.8, 4) is 0 Å². The summed E-state index contributed by atoms with van der Waals surface area (Å²) in [5.41, 5.74) is 0. The zero-order valence-electron chi connectivity index (χ0n) is 15.1. The number of likely N-dealkylation sites (tertiary alicyclic amines) is 2. The summed E-state index contributed by atoms with van der Waals surface area (Å²) in [6.45, 7) is 8.47. The summed E-state index contributed by atoms with van der Waals surface area (Å²) in [5.74, 6) is 3.14. The fraction of sp³-hybridized carbons (Fsp3) is 0.895. The number of piperidine rings is 1. The van der Waals surface area contributed by atoms with Crippen LogP contribution in [-0.4, -0.2) is 52.7 Å². The van der Waals surface area contributed by atoms with Crippen molar-refractivity contribution in [2.75, 3.05) is 32.7 Å². The van der Waals surface area contributed by atoms with Crippen molar-refractivity contribution in [2.24, 2.45) is 5.92 Å². The predicted molar refractivity (Wildman–Crippen MR) is 93.9 cm³/mol. The van der Waals surface area contributed by atoms with Crippen LogP contribution in [0.15, 0.2) is 4.52 Å². The maximum atomic E-state index is 5.57. The first kappa shape index (κ1) is 16.5. The van der Waals surface area contributed by atoms with Crippen LogP contribution >= 0.6 is 0 Å². The quantitative estimate of drug-likeness (QED) is 0.824. The summed E-state index contributed by atoms with van der Waals surface area (Å²) >= 11 is 0. The van der Waals surface area contributed by atoms with Gasteiger partial charge in [-0.1, -0.05) is 18.0 Å². The van der Waals surface area contributed by atoms with E-state index in [0.717, 1.165) is 17.6 Å². The Kier molecular flexibility index (Phi) is 5.18. The molecule has 0 spiro atoms. The van der Waals surface area contributed by atoms with Crippen molar-refractivity contribution in [3.63, 3.8) is 0 Å². The summed E-state index contributed by atoms with van der Waals surface area (Å²) in [4.78, 5) is 9.95. The summed E-state index contributed by atoms with van der Waals surface area (Å²) in [5, 5.41) is 4.20. The van der Waals surface area contributed by atoms with Gasteiger partial charge >= 0.3 is 0 Å². The van der Waals surface area contributed by atoms with Crippen LogP contribution in [0.4, 0.5) is 0 Å². The first-order valence-corrected chi connectivity index (χ1v) is 10.1. The number of rotatable bonds is 5. The highest BCUT2D eigenvalue weighted by Crippen LogP contribution is 2.39. The zero-order chi connectivity index (χ0) is 16.4. The highest BCUT2D eigenvalue weighted by molar-refractivity contribution is 5.05. The molecule has 0 unspecified atom stereocenters. The number of hydrogen-bond acceptors (Lipinski definition) is 5. The van der Waals surface area contributed by atoms with Crippen molar-refractivity contribution in [2.45, 2.75) is 70.3 Å². The van der Waals surface area contributed by atoms with Crippen LogP contribution in [0.5, 0.6) is 0 Å². The molecule has 5 heteroatoms. The van der Waals surface area contributed by atoms with Gasteiger partial charge < -0.3 is 9.42 Å². The summed E-state index contributed by atoms with van der Waals surface area (Å²) in [6, 6.07) is 0.261. The Labute approximate surface area is 145 Å². The van der Waals surface area contributed by atoms with Crippen molar-refractivity contribution in [1.29, 1.82) is 0 Å². The molecule has 0 aromatic carbocycles. The summed E-state index contributed by atoms with van der Waals surface area (Å²) in [6.07, 6.45) is 10.8. The largest absolute Gasteiger partial charge is 0.338 e. The maximum Gasteiger partial charge on any atom is 0.243 e. The van der Waals surface area contributed by atoms with Gasteiger partial charge in [0.2, 0.25) is 5.89 Å². The summed E-state index contributed by atoms with van der Waals surface area (Å²) < 4.78 is 5.57. The molecule has 2 saturated heterocycles. The van der Waals surface area contributed by atoms with Gasteiger partial charge in [-0.15, -0.1) is 0 Å². The molecule has 5 nitrogen and oxygen atoms in total. The van der Waals surface area contributed by atoms with Crippen LogP contribution in [0.25, 0.3) is 0 Å². The van der Waals surface area contributed by atoms with Crippen molar-refractivity contribution in [3.05, 3.63) is 11.7 Å². The molecule has 3 aliphatic rings. The van der Waals surface area contributed by atoms with E-state index in [1.807, 2.05) is 0 Å². The first-order valence-electron chi connectivity index (χ1n) is 10.1. The molecule has 0 N–H and O–H groups in total. The molecular formula is C19H32N4O. The Morgan fingerprint density at radius 2 is 1.83 bits per heavy atom. The van der Waals surface area contributed by atoms with Gasteiger partial charge in [0.15, 0.2) is 5.82 Å². The smallest absolute Gasteiger partial charge is 0.243 e. The lowest BCUT2D eigenvalue weighted by Crippen LogP contribution is -2.42. The van der Waals surface area contributed by atoms with Crippen LogP contribution in [0.2, 0.25) is 0 Å². The minimum atomic E-state index is 0.261. The monoisotopic (exact) mass is 332 g/mol. The van der Waals surface area contributed by atoms with Gasteiger partial charge in [0, 0.05) is 19.0 Å². The Bertz CT molecular complexity index is 519. The van der Waals surface area contributed by atoms with Crippen molar-refractivity contribution >= 4 is 0 Å².